The van der Waals surface area contributed by atoms with Crippen molar-refractivity contribution in [3.05, 3.63) is 0 Å². The minimum atomic E-state index is 0.122. The molecule has 0 rings (SSSR count). The van der Waals surface area contributed by atoms with E-state index in [0.29, 0.717) is 5.88 Å². The van der Waals surface area contributed by atoms with Crippen molar-refractivity contribution >= 4 is 34.8 Å². The number of hydrogen-bond acceptors (Lipinski definition) is 0. The van der Waals surface area contributed by atoms with Crippen molar-refractivity contribution in [2.24, 2.45) is 0 Å². The molecule has 58 valence electrons. The van der Waals surface area contributed by atoms with Crippen LogP contribution in [0.25, 0.3) is 0 Å². The van der Waals surface area contributed by atoms with E-state index in [1.165, 1.54) is 0 Å². The minimum Gasteiger partial charge on any atom is -0.127 e. The van der Waals surface area contributed by atoms with Crippen LogP contribution in [0.5, 0.6) is 0 Å². The Kier molecular flexibility index (Phi) is 16.2. The van der Waals surface area contributed by atoms with E-state index in [1.54, 1.807) is 0 Å². The first-order valence-electron chi connectivity index (χ1n) is 2.95. The number of hydrogen-bond donors (Lipinski definition) is 0. The molecule has 0 aliphatic rings. The lowest BCUT2D eigenvalue weighted by Gasteiger charge is -1.85. The highest BCUT2D eigenvalue weighted by atomic mass is 35.5. The number of halogens is 3. The lowest BCUT2D eigenvalue weighted by atomic mass is 10.6. The van der Waals surface area contributed by atoms with Crippen LogP contribution >= 0.6 is 34.8 Å². The van der Waals surface area contributed by atoms with Crippen molar-refractivity contribution in [2.75, 3.05) is 11.8 Å². The van der Waals surface area contributed by atoms with E-state index in [4.69, 9.17) is 34.8 Å². The molecule has 0 amide bonds. The summed E-state index contributed by atoms with van der Waals surface area (Å²) in [6, 6.07) is 0. The van der Waals surface area contributed by atoms with Crippen molar-refractivity contribution in [1.29, 1.82) is 0 Å². The third-order valence-electron chi connectivity index (χ3n) is 0.402. The Morgan fingerprint density at radius 3 is 1.56 bits per heavy atom. The van der Waals surface area contributed by atoms with Gasteiger partial charge in [-0.1, -0.05) is 6.92 Å². The summed E-state index contributed by atoms with van der Waals surface area (Å²) in [5.74, 6) is 1.33. The van der Waals surface area contributed by atoms with Gasteiger partial charge in [-0.25, -0.2) is 0 Å². The van der Waals surface area contributed by atoms with E-state index in [-0.39, 0.29) is 5.38 Å². The summed E-state index contributed by atoms with van der Waals surface area (Å²) in [7, 11) is 0. The highest BCUT2D eigenvalue weighted by molar-refractivity contribution is 6.27. The fourth-order valence-corrected chi connectivity index (χ4v) is 0. The van der Waals surface area contributed by atoms with E-state index in [0.717, 1.165) is 12.3 Å². The molecule has 1 atom stereocenters. The van der Waals surface area contributed by atoms with Gasteiger partial charge in [0.2, 0.25) is 0 Å². The SMILES string of the molecule is CC(Cl)CCl.CCCCl. The Balaban J connectivity index is 0. The van der Waals surface area contributed by atoms with Gasteiger partial charge in [0.15, 0.2) is 0 Å². The molecule has 0 aromatic heterocycles. The van der Waals surface area contributed by atoms with Crippen LogP contribution in [0.1, 0.15) is 20.3 Å². The van der Waals surface area contributed by atoms with Crippen LogP contribution in [-0.4, -0.2) is 17.1 Å². The van der Waals surface area contributed by atoms with Gasteiger partial charge >= 0.3 is 0 Å². The Morgan fingerprint density at radius 2 is 1.56 bits per heavy atom. The minimum absolute atomic E-state index is 0.122. The molecule has 3 heteroatoms. The Morgan fingerprint density at radius 1 is 1.33 bits per heavy atom. The molecule has 0 heterocycles. The lowest BCUT2D eigenvalue weighted by molar-refractivity contribution is 1.10. The molecular formula is C6H13Cl3. The normalized spacial score (nSPS) is 11.7. The average Bonchev–Trinajstić information content (AvgIpc) is 1.89. The van der Waals surface area contributed by atoms with Crippen LogP contribution in [0.4, 0.5) is 0 Å². The topological polar surface area (TPSA) is 0 Å². The quantitative estimate of drug-likeness (QED) is 0.586. The Bertz CT molecular complexity index is 35.3. The van der Waals surface area contributed by atoms with E-state index in [2.05, 4.69) is 0 Å². The maximum atomic E-state index is 5.33. The van der Waals surface area contributed by atoms with Gasteiger partial charge in [-0.3, -0.25) is 0 Å². The predicted octanol–water partition coefficient (Wildman–Crippen LogP) is 3.49. The summed E-state index contributed by atoms with van der Waals surface area (Å²) in [5.41, 5.74) is 0. The summed E-state index contributed by atoms with van der Waals surface area (Å²) < 4.78 is 0. The zero-order chi connectivity index (χ0) is 7.70. The molecule has 0 saturated carbocycles. The molecule has 0 nitrogen and oxygen atoms in total. The molecule has 0 N–H and O–H groups in total. The van der Waals surface area contributed by atoms with E-state index in [1.807, 2.05) is 13.8 Å². The fourth-order valence-electron chi connectivity index (χ4n) is 0. The Labute approximate surface area is 72.5 Å². The van der Waals surface area contributed by atoms with Gasteiger partial charge in [0.25, 0.3) is 0 Å². The summed E-state index contributed by atoms with van der Waals surface area (Å²) in [6.45, 7) is 3.90. The second-order valence-electron chi connectivity index (χ2n) is 1.62. The maximum Gasteiger partial charge on any atom is 0.0443 e. The van der Waals surface area contributed by atoms with E-state index < -0.39 is 0 Å². The van der Waals surface area contributed by atoms with Crippen molar-refractivity contribution < 1.29 is 0 Å². The number of alkyl halides is 3. The smallest absolute Gasteiger partial charge is 0.0443 e. The highest BCUT2D eigenvalue weighted by Gasteiger charge is 1.85. The Hall–Kier alpha value is 0.870. The summed E-state index contributed by atoms with van der Waals surface area (Å²) >= 11 is 15.7. The summed E-state index contributed by atoms with van der Waals surface area (Å²) in [6.07, 6.45) is 1.08. The van der Waals surface area contributed by atoms with Crippen molar-refractivity contribution in [3.63, 3.8) is 0 Å². The third kappa shape index (κ3) is 28.0. The third-order valence-corrected chi connectivity index (χ3v) is 1.55. The molecule has 0 aromatic rings. The first-order valence-corrected chi connectivity index (χ1v) is 4.45. The fraction of sp³-hybridized carbons (Fsp3) is 1.00. The van der Waals surface area contributed by atoms with Gasteiger partial charge < -0.3 is 0 Å². The van der Waals surface area contributed by atoms with Gasteiger partial charge in [-0.2, -0.15) is 0 Å². The molecule has 0 saturated heterocycles. The predicted molar refractivity (Wildman–Crippen MR) is 47.0 cm³/mol. The van der Waals surface area contributed by atoms with Gasteiger partial charge in [-0.05, 0) is 13.3 Å². The van der Waals surface area contributed by atoms with Crippen LogP contribution in [0, 0.1) is 0 Å². The molecular weight excluding hydrogens is 178 g/mol. The first kappa shape index (κ1) is 12.5. The van der Waals surface area contributed by atoms with Crippen LogP contribution in [0.15, 0.2) is 0 Å². The highest BCUT2D eigenvalue weighted by Crippen LogP contribution is 1.93. The number of rotatable bonds is 2. The second kappa shape index (κ2) is 11.6. The van der Waals surface area contributed by atoms with Crippen molar-refractivity contribution in [2.45, 2.75) is 25.6 Å². The van der Waals surface area contributed by atoms with Crippen LogP contribution in [0.3, 0.4) is 0 Å². The first-order chi connectivity index (χ1) is 4.18. The molecule has 0 radical (unpaired) electrons. The molecule has 1 unspecified atom stereocenters. The molecule has 0 aliphatic carbocycles. The van der Waals surface area contributed by atoms with Gasteiger partial charge in [0, 0.05) is 17.1 Å². The zero-order valence-electron chi connectivity index (χ0n) is 5.83. The van der Waals surface area contributed by atoms with Gasteiger partial charge in [-0.15, -0.1) is 34.8 Å². The molecule has 9 heavy (non-hydrogen) atoms. The van der Waals surface area contributed by atoms with Crippen LogP contribution < -0.4 is 0 Å². The standard InChI is InChI=1S/C3H6Cl2.C3H7Cl/c1-3(5)2-4;1-2-3-4/h3H,2H2,1H3;2-3H2,1H3. The van der Waals surface area contributed by atoms with Crippen LogP contribution in [-0.2, 0) is 0 Å². The lowest BCUT2D eigenvalue weighted by Crippen LogP contribution is -1.87. The monoisotopic (exact) mass is 190 g/mol. The largest absolute Gasteiger partial charge is 0.127 e. The molecule has 0 aromatic carbocycles. The zero-order valence-corrected chi connectivity index (χ0v) is 8.10. The molecule has 0 aliphatic heterocycles. The molecule has 0 fully saturated rings. The summed E-state index contributed by atoms with van der Waals surface area (Å²) in [4.78, 5) is 0. The maximum absolute atomic E-state index is 5.33. The second-order valence-corrected chi connectivity index (χ2v) is 3.06. The van der Waals surface area contributed by atoms with Gasteiger partial charge in [0.1, 0.15) is 0 Å². The van der Waals surface area contributed by atoms with Crippen molar-refractivity contribution in [3.8, 4) is 0 Å². The summed E-state index contributed by atoms with van der Waals surface area (Å²) in [5, 5.41) is 0.122. The molecule has 0 bridgehead atoms. The van der Waals surface area contributed by atoms with Crippen molar-refractivity contribution in [1.82, 2.24) is 0 Å². The average molecular weight is 192 g/mol. The van der Waals surface area contributed by atoms with E-state index >= 15 is 0 Å². The van der Waals surface area contributed by atoms with E-state index in [9.17, 15) is 0 Å². The molecule has 0 spiro atoms. The van der Waals surface area contributed by atoms with Gasteiger partial charge in [0.05, 0.1) is 0 Å². The van der Waals surface area contributed by atoms with Crippen LogP contribution in [0.2, 0.25) is 0 Å².